The van der Waals surface area contributed by atoms with Crippen molar-refractivity contribution in [2.75, 3.05) is 10.7 Å². The molecule has 0 amide bonds. The molecule has 4 N–H and O–H groups in total. The van der Waals surface area contributed by atoms with Gasteiger partial charge in [0.05, 0.1) is 4.92 Å². The highest BCUT2D eigenvalue weighted by molar-refractivity contribution is 5.60. The number of hydrogen-bond donors (Lipinski definition) is 3. The summed E-state index contributed by atoms with van der Waals surface area (Å²) < 4.78 is 0. The summed E-state index contributed by atoms with van der Waals surface area (Å²) in [5.41, 5.74) is 2.06. The van der Waals surface area contributed by atoms with Crippen LogP contribution in [0.1, 0.15) is 33.6 Å². The Morgan fingerprint density at radius 3 is 2.67 bits per heavy atom. The van der Waals surface area contributed by atoms with Crippen LogP contribution in [0.5, 0.6) is 0 Å². The van der Waals surface area contributed by atoms with Gasteiger partial charge in [-0.2, -0.15) is 0 Å². The van der Waals surface area contributed by atoms with E-state index in [2.05, 4.69) is 22.7 Å². The molecule has 0 unspecified atom stereocenters. The molecule has 1 heterocycles. The standard InChI is InChI=1S/C11H19N5O2/c1-4-7-11(2,3)14-10-8(16(17)18)5-6-9(13-10)15-12/h5-6H,4,7,12H2,1-3H3,(H2,13,14,15). The summed E-state index contributed by atoms with van der Waals surface area (Å²) in [7, 11) is 0. The summed E-state index contributed by atoms with van der Waals surface area (Å²) in [6.07, 6.45) is 1.86. The van der Waals surface area contributed by atoms with Crippen molar-refractivity contribution in [3.63, 3.8) is 0 Å². The fourth-order valence-corrected chi connectivity index (χ4v) is 1.78. The smallest absolute Gasteiger partial charge is 0.311 e. The van der Waals surface area contributed by atoms with E-state index >= 15 is 0 Å². The van der Waals surface area contributed by atoms with E-state index in [1.807, 2.05) is 13.8 Å². The highest BCUT2D eigenvalue weighted by Crippen LogP contribution is 2.27. The number of rotatable bonds is 6. The van der Waals surface area contributed by atoms with Crippen molar-refractivity contribution in [3.8, 4) is 0 Å². The van der Waals surface area contributed by atoms with Gasteiger partial charge in [-0.3, -0.25) is 10.1 Å². The van der Waals surface area contributed by atoms with E-state index in [-0.39, 0.29) is 17.0 Å². The minimum atomic E-state index is -0.461. The van der Waals surface area contributed by atoms with E-state index < -0.39 is 4.92 Å². The Balaban J connectivity index is 3.08. The molecule has 0 aliphatic carbocycles. The molecule has 100 valence electrons. The van der Waals surface area contributed by atoms with Gasteiger partial charge in [-0.05, 0) is 26.3 Å². The third kappa shape index (κ3) is 3.56. The Morgan fingerprint density at radius 1 is 1.50 bits per heavy atom. The average Bonchev–Trinajstić information content (AvgIpc) is 2.27. The maximum atomic E-state index is 10.9. The zero-order valence-corrected chi connectivity index (χ0v) is 10.9. The molecule has 18 heavy (non-hydrogen) atoms. The first-order valence-electron chi connectivity index (χ1n) is 5.80. The third-order valence-corrected chi connectivity index (χ3v) is 2.55. The first-order valence-corrected chi connectivity index (χ1v) is 5.80. The van der Waals surface area contributed by atoms with Crippen LogP contribution in [-0.2, 0) is 0 Å². The lowest BCUT2D eigenvalue weighted by atomic mass is 9.99. The molecule has 0 saturated heterocycles. The Morgan fingerprint density at radius 2 is 2.17 bits per heavy atom. The topological polar surface area (TPSA) is 106 Å². The van der Waals surface area contributed by atoms with E-state index in [1.54, 1.807) is 0 Å². The highest BCUT2D eigenvalue weighted by Gasteiger charge is 2.23. The minimum absolute atomic E-state index is 0.0572. The van der Waals surface area contributed by atoms with Crippen molar-refractivity contribution in [3.05, 3.63) is 22.2 Å². The summed E-state index contributed by atoms with van der Waals surface area (Å²) in [4.78, 5) is 14.6. The maximum absolute atomic E-state index is 10.9. The van der Waals surface area contributed by atoms with Crippen molar-refractivity contribution in [1.82, 2.24) is 4.98 Å². The number of hydrogen-bond acceptors (Lipinski definition) is 6. The van der Waals surface area contributed by atoms with Crippen LogP contribution in [-0.4, -0.2) is 15.4 Å². The van der Waals surface area contributed by atoms with Crippen LogP contribution in [0.3, 0.4) is 0 Å². The second-order valence-electron chi connectivity index (χ2n) is 4.72. The first kappa shape index (κ1) is 14.2. The first-order chi connectivity index (χ1) is 8.39. The summed E-state index contributed by atoms with van der Waals surface area (Å²) in [5, 5.41) is 14.0. The summed E-state index contributed by atoms with van der Waals surface area (Å²) in [6.45, 7) is 6.01. The molecule has 0 fully saturated rings. The van der Waals surface area contributed by atoms with Crippen LogP contribution in [0.25, 0.3) is 0 Å². The Hall–Kier alpha value is -1.89. The number of nitrogen functional groups attached to an aromatic ring is 1. The number of nitrogens with one attached hydrogen (secondary N) is 2. The molecule has 0 aliphatic heterocycles. The molecule has 0 saturated carbocycles. The SMILES string of the molecule is CCCC(C)(C)Nc1nc(NN)ccc1[N+](=O)[O-]. The Bertz CT molecular complexity index is 433. The van der Waals surface area contributed by atoms with Crippen molar-refractivity contribution in [1.29, 1.82) is 0 Å². The van der Waals surface area contributed by atoms with E-state index in [1.165, 1.54) is 12.1 Å². The second-order valence-corrected chi connectivity index (χ2v) is 4.72. The van der Waals surface area contributed by atoms with Gasteiger partial charge < -0.3 is 10.7 Å². The fourth-order valence-electron chi connectivity index (χ4n) is 1.78. The van der Waals surface area contributed by atoms with Gasteiger partial charge in [0.15, 0.2) is 0 Å². The van der Waals surface area contributed by atoms with Crippen LogP contribution < -0.4 is 16.6 Å². The quantitative estimate of drug-likeness (QED) is 0.408. The number of hydrazine groups is 1. The summed E-state index contributed by atoms with van der Waals surface area (Å²) >= 11 is 0. The number of anilines is 2. The average molecular weight is 253 g/mol. The maximum Gasteiger partial charge on any atom is 0.311 e. The fraction of sp³-hybridized carbons (Fsp3) is 0.545. The highest BCUT2D eigenvalue weighted by atomic mass is 16.6. The van der Waals surface area contributed by atoms with E-state index in [0.717, 1.165) is 12.8 Å². The molecule has 7 nitrogen and oxygen atoms in total. The molecule has 0 aliphatic rings. The molecule has 1 rings (SSSR count). The Labute approximate surface area is 106 Å². The largest absolute Gasteiger partial charge is 0.359 e. The molecular formula is C11H19N5O2. The van der Waals surface area contributed by atoms with Crippen molar-refractivity contribution >= 4 is 17.3 Å². The molecule has 0 spiro atoms. The monoisotopic (exact) mass is 253 g/mol. The number of nitrogens with two attached hydrogens (primary N) is 1. The number of pyridine rings is 1. The number of aromatic nitrogens is 1. The zero-order chi connectivity index (χ0) is 13.8. The Kier molecular flexibility index (Phi) is 4.43. The lowest BCUT2D eigenvalue weighted by Crippen LogP contribution is -2.31. The predicted molar refractivity (Wildman–Crippen MR) is 71.3 cm³/mol. The molecule has 1 aromatic rings. The van der Waals surface area contributed by atoms with E-state index in [4.69, 9.17) is 5.84 Å². The van der Waals surface area contributed by atoms with Gasteiger partial charge in [0, 0.05) is 11.6 Å². The van der Waals surface area contributed by atoms with Crippen LogP contribution in [0.15, 0.2) is 12.1 Å². The molecular weight excluding hydrogens is 234 g/mol. The second kappa shape index (κ2) is 5.63. The van der Waals surface area contributed by atoms with Crippen LogP contribution in [0.2, 0.25) is 0 Å². The molecule has 7 heteroatoms. The van der Waals surface area contributed by atoms with Gasteiger partial charge in [0.2, 0.25) is 5.82 Å². The normalized spacial score (nSPS) is 11.1. The molecule has 1 aromatic heterocycles. The van der Waals surface area contributed by atoms with Gasteiger partial charge in [-0.25, -0.2) is 10.8 Å². The van der Waals surface area contributed by atoms with E-state index in [9.17, 15) is 10.1 Å². The lowest BCUT2D eigenvalue weighted by molar-refractivity contribution is -0.384. The third-order valence-electron chi connectivity index (χ3n) is 2.55. The van der Waals surface area contributed by atoms with Crippen LogP contribution in [0.4, 0.5) is 17.3 Å². The van der Waals surface area contributed by atoms with Gasteiger partial charge in [-0.1, -0.05) is 13.3 Å². The zero-order valence-electron chi connectivity index (χ0n) is 10.9. The lowest BCUT2D eigenvalue weighted by Gasteiger charge is -2.26. The van der Waals surface area contributed by atoms with Gasteiger partial charge >= 0.3 is 5.69 Å². The molecule has 0 radical (unpaired) electrons. The summed E-state index contributed by atoms with van der Waals surface area (Å²) in [6, 6.07) is 2.85. The number of nitro groups is 1. The predicted octanol–water partition coefficient (Wildman–Crippen LogP) is 2.27. The van der Waals surface area contributed by atoms with Crippen LogP contribution in [0, 0.1) is 10.1 Å². The van der Waals surface area contributed by atoms with Gasteiger partial charge in [0.1, 0.15) is 5.82 Å². The van der Waals surface area contributed by atoms with E-state index in [0.29, 0.717) is 5.82 Å². The van der Waals surface area contributed by atoms with Crippen LogP contribution >= 0.6 is 0 Å². The van der Waals surface area contributed by atoms with Crippen molar-refractivity contribution < 1.29 is 4.92 Å². The molecule has 0 atom stereocenters. The molecule has 0 bridgehead atoms. The molecule has 0 aromatic carbocycles. The minimum Gasteiger partial charge on any atom is -0.359 e. The van der Waals surface area contributed by atoms with Gasteiger partial charge in [0.25, 0.3) is 0 Å². The van der Waals surface area contributed by atoms with Crippen molar-refractivity contribution in [2.45, 2.75) is 39.2 Å². The van der Waals surface area contributed by atoms with Gasteiger partial charge in [-0.15, -0.1) is 0 Å². The number of nitrogens with zero attached hydrogens (tertiary/aromatic N) is 2. The van der Waals surface area contributed by atoms with Crippen molar-refractivity contribution in [2.24, 2.45) is 5.84 Å². The summed E-state index contributed by atoms with van der Waals surface area (Å²) in [5.74, 6) is 5.87.